The number of aryl methyl sites for hydroxylation is 1. The molecular weight excluding hydrogens is 811 g/mol. The number of rotatable bonds is 12. The summed E-state index contributed by atoms with van der Waals surface area (Å²) in [5.41, 5.74) is -1.08. The summed E-state index contributed by atoms with van der Waals surface area (Å²) in [5, 5.41) is 17.8. The van der Waals surface area contributed by atoms with Gasteiger partial charge in [0.1, 0.15) is 30.0 Å². The van der Waals surface area contributed by atoms with Crippen LogP contribution in [0.2, 0.25) is 5.02 Å². The Kier molecular flexibility index (Phi) is 12.8. The molecule has 3 saturated heterocycles. The van der Waals surface area contributed by atoms with Gasteiger partial charge in [-0.1, -0.05) is 18.5 Å². The molecule has 0 bridgehead atoms. The van der Waals surface area contributed by atoms with Gasteiger partial charge >= 0.3 is 6.18 Å². The lowest BCUT2D eigenvalue weighted by atomic mass is 10.0. The molecule has 1 aromatic heterocycles. The number of piperazine rings is 1. The fraction of sp³-hybridized carbons (Fsp3) is 0.425. The van der Waals surface area contributed by atoms with Crippen molar-refractivity contribution in [2.45, 2.75) is 70.8 Å². The van der Waals surface area contributed by atoms with Crippen molar-refractivity contribution < 1.29 is 37.1 Å². The number of carbonyl (C=O) groups is 4. The molecule has 1 unspecified atom stereocenters. The molecule has 3 N–H and O–H groups in total. The lowest BCUT2D eigenvalue weighted by molar-refractivity contribution is -0.138. The minimum atomic E-state index is -4.86. The van der Waals surface area contributed by atoms with E-state index in [2.05, 4.69) is 37.7 Å². The molecule has 0 spiro atoms. The number of carbonyl (C=O) groups excluding carboxylic acids is 4. The largest absolute Gasteiger partial charge is 0.492 e. The second-order valence-corrected chi connectivity index (χ2v) is 15.9. The van der Waals surface area contributed by atoms with E-state index in [9.17, 15) is 37.6 Å². The summed E-state index contributed by atoms with van der Waals surface area (Å²) in [5.74, 6) is -0.837. The molecule has 3 aliphatic heterocycles. The molecule has 312 valence electrons. The first-order valence-electron chi connectivity index (χ1n) is 19.0. The molecule has 2 aromatic carbocycles. The van der Waals surface area contributed by atoms with E-state index < -0.39 is 40.8 Å². The number of anilines is 4. The minimum Gasteiger partial charge on any atom is -0.492 e. The van der Waals surface area contributed by atoms with Gasteiger partial charge < -0.3 is 20.3 Å². The van der Waals surface area contributed by atoms with Crippen LogP contribution >= 0.6 is 23.8 Å². The molecule has 0 radical (unpaired) electrons. The number of benzene rings is 2. The highest BCUT2D eigenvalue weighted by Crippen LogP contribution is 2.40. The van der Waals surface area contributed by atoms with E-state index in [1.165, 1.54) is 6.07 Å². The van der Waals surface area contributed by atoms with Crippen molar-refractivity contribution in [3.63, 3.8) is 0 Å². The Morgan fingerprint density at radius 3 is 2.54 bits per heavy atom. The number of piperidine rings is 1. The maximum Gasteiger partial charge on any atom is 0.419 e. The number of aromatic nitrogens is 1. The first-order chi connectivity index (χ1) is 27.9. The van der Waals surface area contributed by atoms with Gasteiger partial charge in [0.15, 0.2) is 10.8 Å². The molecule has 4 amide bonds. The SMILES string of the molecule is CCc1cc(N2C(=S)N(c3cnc(C#N)c(C(F)(F)F)c3)C(=O)C2(C)C)ccc1OCCN1CCN(CC(=O)Nc2cc(Cl)cc(NC3CCC(=O)NC3=O)c2)[C@H](C)C1. The van der Waals surface area contributed by atoms with E-state index >= 15 is 0 Å². The minimum absolute atomic E-state index is 0.0287. The van der Waals surface area contributed by atoms with Crippen molar-refractivity contribution in [3.8, 4) is 11.8 Å². The Balaban J connectivity index is 1.02. The predicted molar refractivity (Wildman–Crippen MR) is 219 cm³/mol. The number of amides is 4. The van der Waals surface area contributed by atoms with E-state index in [1.807, 2.05) is 13.0 Å². The van der Waals surface area contributed by atoms with Crippen LogP contribution in [0.4, 0.5) is 35.9 Å². The zero-order valence-electron chi connectivity index (χ0n) is 32.8. The van der Waals surface area contributed by atoms with Crippen LogP contribution in [0.15, 0.2) is 48.7 Å². The third kappa shape index (κ3) is 9.59. The summed E-state index contributed by atoms with van der Waals surface area (Å²) < 4.78 is 47.4. The van der Waals surface area contributed by atoms with Crippen LogP contribution in [-0.4, -0.2) is 100 Å². The van der Waals surface area contributed by atoms with Gasteiger partial charge in [-0.25, -0.2) is 4.98 Å². The highest BCUT2D eigenvalue weighted by molar-refractivity contribution is 7.81. The number of thiocarbonyl (C=S) groups is 1. The summed E-state index contributed by atoms with van der Waals surface area (Å²) in [4.78, 5) is 61.1. The van der Waals surface area contributed by atoms with E-state index in [0.29, 0.717) is 79.5 Å². The van der Waals surface area contributed by atoms with Gasteiger partial charge in [0.05, 0.1) is 24.0 Å². The van der Waals surface area contributed by atoms with Crippen LogP contribution in [-0.2, 0) is 31.8 Å². The molecule has 59 heavy (non-hydrogen) atoms. The van der Waals surface area contributed by atoms with Crippen molar-refractivity contribution in [1.82, 2.24) is 20.1 Å². The van der Waals surface area contributed by atoms with E-state index in [4.69, 9.17) is 28.6 Å². The summed E-state index contributed by atoms with van der Waals surface area (Å²) in [6, 6.07) is 12.0. The number of nitrogens with one attached hydrogen (secondary N) is 3. The van der Waals surface area contributed by atoms with E-state index in [-0.39, 0.29) is 41.6 Å². The fourth-order valence-corrected chi connectivity index (χ4v) is 8.17. The molecule has 0 aliphatic carbocycles. The van der Waals surface area contributed by atoms with Crippen LogP contribution in [0.1, 0.15) is 57.4 Å². The van der Waals surface area contributed by atoms with E-state index in [1.54, 1.807) is 49.1 Å². The Morgan fingerprint density at radius 2 is 1.86 bits per heavy atom. The molecule has 2 atom stereocenters. The van der Waals surface area contributed by atoms with Gasteiger partial charge in [0, 0.05) is 60.7 Å². The zero-order chi connectivity index (χ0) is 42.8. The van der Waals surface area contributed by atoms with Gasteiger partial charge in [-0.15, -0.1) is 0 Å². The number of pyridine rings is 1. The topological polar surface area (TPSA) is 163 Å². The molecular formula is C40H43ClF3N9O5S. The van der Waals surface area contributed by atoms with Gasteiger partial charge in [-0.3, -0.25) is 39.2 Å². The standard InChI is InChI=1S/C40H43ClF3N9O5S/c1-5-24-14-28(53-38(59)52(37(57)39(53,3)4)29-18-30(40(42,43)44)32(19-45)46-20-29)6-8-33(24)58-13-12-50-10-11-51(23(2)21-50)22-35(55)48-27-16-25(41)15-26(17-27)47-31-7-9-34(54)49-36(31)56/h6,8,14-18,20,23,31,47H,5,7,9-13,21-22H2,1-4H3,(H,48,55)(H,49,54,56)/t23-,31?/m1/s1. The quantitative estimate of drug-likeness (QED) is 0.159. The van der Waals surface area contributed by atoms with Gasteiger partial charge in [0.2, 0.25) is 17.7 Å². The van der Waals surface area contributed by atoms with Crippen LogP contribution in [0.25, 0.3) is 0 Å². The molecule has 3 aliphatic rings. The lowest BCUT2D eigenvalue weighted by Gasteiger charge is -2.39. The zero-order valence-corrected chi connectivity index (χ0v) is 34.4. The Bertz CT molecular complexity index is 2220. The molecule has 19 heteroatoms. The fourth-order valence-electron chi connectivity index (χ4n) is 7.42. The van der Waals surface area contributed by atoms with E-state index in [0.717, 1.165) is 16.7 Å². The van der Waals surface area contributed by atoms with Crippen LogP contribution < -0.4 is 30.5 Å². The number of nitriles is 1. The maximum atomic E-state index is 13.7. The number of alkyl halides is 3. The van der Waals surface area contributed by atoms with Crippen molar-refractivity contribution in [1.29, 1.82) is 5.26 Å². The smallest absolute Gasteiger partial charge is 0.419 e. The molecule has 6 rings (SSSR count). The average Bonchev–Trinajstić information content (AvgIpc) is 3.34. The first kappa shape index (κ1) is 43.2. The van der Waals surface area contributed by atoms with Gasteiger partial charge in [0.25, 0.3) is 5.91 Å². The maximum absolute atomic E-state index is 13.7. The lowest BCUT2D eigenvalue weighted by Crippen LogP contribution is -2.54. The third-order valence-corrected chi connectivity index (χ3v) is 11.1. The van der Waals surface area contributed by atoms with Crippen molar-refractivity contribution >= 4 is 75.3 Å². The summed E-state index contributed by atoms with van der Waals surface area (Å²) in [7, 11) is 0. The second-order valence-electron chi connectivity index (χ2n) is 15.1. The summed E-state index contributed by atoms with van der Waals surface area (Å²) in [6.07, 6.45) is -2.66. The average molecular weight is 854 g/mol. The number of nitrogens with zero attached hydrogens (tertiary/aromatic N) is 6. The van der Waals surface area contributed by atoms with Crippen molar-refractivity contribution in [2.75, 3.05) is 59.8 Å². The number of hydrogen-bond acceptors (Lipinski definition) is 11. The normalized spacial score (nSPS) is 20.1. The second kappa shape index (κ2) is 17.5. The molecule has 4 heterocycles. The Labute approximate surface area is 349 Å². The third-order valence-electron chi connectivity index (χ3n) is 10.5. The number of ether oxygens (including phenoxy) is 1. The first-order valence-corrected chi connectivity index (χ1v) is 19.8. The van der Waals surface area contributed by atoms with Crippen LogP contribution in [0.3, 0.4) is 0 Å². The number of halogens is 4. The number of hydrogen-bond donors (Lipinski definition) is 3. The monoisotopic (exact) mass is 853 g/mol. The highest BCUT2D eigenvalue weighted by atomic mass is 35.5. The van der Waals surface area contributed by atoms with Crippen molar-refractivity contribution in [3.05, 3.63) is 70.5 Å². The summed E-state index contributed by atoms with van der Waals surface area (Å²) >= 11 is 12.0. The van der Waals surface area contributed by atoms with Gasteiger partial charge in [-0.05, 0) is 93.9 Å². The van der Waals surface area contributed by atoms with Crippen LogP contribution in [0.5, 0.6) is 5.75 Å². The molecule has 3 fully saturated rings. The van der Waals surface area contributed by atoms with Crippen LogP contribution in [0, 0.1) is 11.3 Å². The molecule has 14 nitrogen and oxygen atoms in total. The van der Waals surface area contributed by atoms with Crippen molar-refractivity contribution in [2.24, 2.45) is 0 Å². The Morgan fingerprint density at radius 1 is 1.12 bits per heavy atom. The molecule has 3 aromatic rings. The Hall–Kier alpha value is -5.35. The highest BCUT2D eigenvalue weighted by Gasteiger charge is 2.51. The molecule has 0 saturated carbocycles. The number of imide groups is 1. The summed E-state index contributed by atoms with van der Waals surface area (Å²) in [6.45, 7) is 10.5. The van der Waals surface area contributed by atoms with Gasteiger partial charge in [-0.2, -0.15) is 18.4 Å². The predicted octanol–water partition coefficient (Wildman–Crippen LogP) is 5.35.